The van der Waals surface area contributed by atoms with E-state index in [0.29, 0.717) is 11.6 Å². The minimum Gasteiger partial charge on any atom is -0.507 e. The maximum atomic E-state index is 9.90. The van der Waals surface area contributed by atoms with Gasteiger partial charge >= 0.3 is 0 Å². The van der Waals surface area contributed by atoms with Crippen LogP contribution in [-0.2, 0) is 4.74 Å². The third-order valence-electron chi connectivity index (χ3n) is 3.61. The lowest BCUT2D eigenvalue weighted by Crippen LogP contribution is -2.36. The quantitative estimate of drug-likeness (QED) is 0.863. The van der Waals surface area contributed by atoms with Gasteiger partial charge in [-0.3, -0.25) is 0 Å². The number of nitrogens with zero attached hydrogens (tertiary/aromatic N) is 1. The van der Waals surface area contributed by atoms with Crippen molar-refractivity contribution in [3.63, 3.8) is 0 Å². The molecular formula is C14H21NO3. The Morgan fingerprint density at radius 3 is 2.56 bits per heavy atom. The number of rotatable bonds is 3. The van der Waals surface area contributed by atoms with Gasteiger partial charge in [-0.2, -0.15) is 0 Å². The van der Waals surface area contributed by atoms with Crippen molar-refractivity contribution in [1.82, 2.24) is 0 Å². The molecule has 2 rings (SSSR count). The maximum Gasteiger partial charge on any atom is 0.123 e. The molecule has 0 amide bonds. The number of phenols is 1. The highest BCUT2D eigenvalue weighted by atomic mass is 16.5. The van der Waals surface area contributed by atoms with Crippen molar-refractivity contribution in [2.45, 2.75) is 31.9 Å². The van der Waals surface area contributed by atoms with Crippen molar-refractivity contribution in [2.24, 2.45) is 0 Å². The normalized spacial score (nSPS) is 18.6. The average molecular weight is 251 g/mol. The molecule has 4 nitrogen and oxygen atoms in total. The van der Waals surface area contributed by atoms with Crippen molar-refractivity contribution in [3.05, 3.63) is 23.8 Å². The number of phenolic OH excluding ortho intramolecular Hbond substituents is 1. The van der Waals surface area contributed by atoms with Crippen LogP contribution in [0.3, 0.4) is 0 Å². The lowest BCUT2D eigenvalue weighted by atomic mass is 10.0. The van der Waals surface area contributed by atoms with E-state index in [-0.39, 0.29) is 5.75 Å². The fourth-order valence-electron chi connectivity index (χ4n) is 2.39. The van der Waals surface area contributed by atoms with Crippen LogP contribution in [0.1, 0.15) is 31.4 Å². The highest BCUT2D eigenvalue weighted by molar-refractivity contribution is 5.54. The number of hydrogen-bond donors (Lipinski definition) is 2. The van der Waals surface area contributed by atoms with Crippen LogP contribution in [0.4, 0.5) is 5.69 Å². The molecule has 0 spiro atoms. The summed E-state index contributed by atoms with van der Waals surface area (Å²) in [6, 6.07) is 5.90. The molecule has 1 fully saturated rings. The molecule has 1 heterocycles. The van der Waals surface area contributed by atoms with Crippen LogP contribution in [0.2, 0.25) is 0 Å². The Labute approximate surface area is 108 Å². The number of ether oxygens (including phenoxy) is 1. The highest BCUT2D eigenvalue weighted by Crippen LogP contribution is 2.30. The average Bonchev–Trinajstić information content (AvgIpc) is 2.38. The summed E-state index contributed by atoms with van der Waals surface area (Å²) in [4.78, 5) is 2.17. The molecule has 1 aromatic carbocycles. The second-order valence-corrected chi connectivity index (χ2v) is 4.87. The summed E-state index contributed by atoms with van der Waals surface area (Å²) in [5.41, 5.74) is 1.54. The first-order valence-corrected chi connectivity index (χ1v) is 6.41. The van der Waals surface area contributed by atoms with Crippen LogP contribution in [0.15, 0.2) is 18.2 Å². The van der Waals surface area contributed by atoms with E-state index in [1.165, 1.54) is 0 Å². The fourth-order valence-corrected chi connectivity index (χ4v) is 2.39. The summed E-state index contributed by atoms with van der Waals surface area (Å²) < 4.78 is 5.35. The van der Waals surface area contributed by atoms with E-state index >= 15 is 0 Å². The van der Waals surface area contributed by atoms with Crippen LogP contribution in [0, 0.1) is 0 Å². The van der Waals surface area contributed by atoms with Crippen molar-refractivity contribution < 1.29 is 14.9 Å². The molecule has 0 aliphatic carbocycles. The molecule has 4 heteroatoms. The molecule has 100 valence electrons. The first-order chi connectivity index (χ1) is 8.59. The maximum absolute atomic E-state index is 9.90. The standard InChI is InChI=1S/C14H21NO3/c1-10(16)13-4-3-12(9-14(13)17)15(2)11-5-7-18-8-6-11/h3-4,9-11,16-17H,5-8H2,1-2H3. The van der Waals surface area contributed by atoms with Gasteiger partial charge in [0.15, 0.2) is 0 Å². The molecule has 0 aromatic heterocycles. The molecule has 2 N–H and O–H groups in total. The Balaban J connectivity index is 2.15. The van der Waals surface area contributed by atoms with E-state index in [9.17, 15) is 10.2 Å². The molecule has 1 atom stereocenters. The second kappa shape index (κ2) is 5.59. The molecule has 0 radical (unpaired) electrons. The van der Waals surface area contributed by atoms with Crippen LogP contribution >= 0.6 is 0 Å². The third kappa shape index (κ3) is 2.76. The van der Waals surface area contributed by atoms with Crippen LogP contribution in [-0.4, -0.2) is 36.5 Å². The summed E-state index contributed by atoms with van der Waals surface area (Å²) in [6.07, 6.45) is 1.37. The van der Waals surface area contributed by atoms with Gasteiger partial charge < -0.3 is 19.8 Å². The van der Waals surface area contributed by atoms with Crippen LogP contribution < -0.4 is 4.90 Å². The van der Waals surface area contributed by atoms with E-state index in [2.05, 4.69) is 4.90 Å². The Bertz CT molecular complexity index is 400. The van der Waals surface area contributed by atoms with Gasteiger partial charge in [0, 0.05) is 43.6 Å². The number of hydrogen-bond acceptors (Lipinski definition) is 4. The minimum atomic E-state index is -0.646. The van der Waals surface area contributed by atoms with Crippen LogP contribution in [0.25, 0.3) is 0 Å². The van der Waals surface area contributed by atoms with Crippen LogP contribution in [0.5, 0.6) is 5.75 Å². The zero-order chi connectivity index (χ0) is 13.1. The van der Waals surface area contributed by atoms with E-state index in [1.807, 2.05) is 13.1 Å². The Morgan fingerprint density at radius 2 is 2.00 bits per heavy atom. The Hall–Kier alpha value is -1.26. The fraction of sp³-hybridized carbons (Fsp3) is 0.571. The minimum absolute atomic E-state index is 0.154. The predicted molar refractivity (Wildman–Crippen MR) is 71.0 cm³/mol. The molecule has 18 heavy (non-hydrogen) atoms. The van der Waals surface area contributed by atoms with Gasteiger partial charge in [0.05, 0.1) is 6.10 Å². The molecule has 0 bridgehead atoms. The summed E-state index contributed by atoms with van der Waals surface area (Å²) in [6.45, 7) is 3.25. The van der Waals surface area contributed by atoms with Gasteiger partial charge in [0.1, 0.15) is 5.75 Å². The smallest absolute Gasteiger partial charge is 0.123 e. The molecular weight excluding hydrogens is 230 g/mol. The summed E-state index contributed by atoms with van der Waals surface area (Å²) >= 11 is 0. The Kier molecular flexibility index (Phi) is 4.09. The molecule has 0 saturated carbocycles. The van der Waals surface area contributed by atoms with Gasteiger partial charge in [-0.15, -0.1) is 0 Å². The van der Waals surface area contributed by atoms with E-state index in [0.717, 1.165) is 31.7 Å². The van der Waals surface area contributed by atoms with Gasteiger partial charge in [-0.25, -0.2) is 0 Å². The second-order valence-electron chi connectivity index (χ2n) is 4.87. The van der Waals surface area contributed by atoms with Gasteiger partial charge in [0.25, 0.3) is 0 Å². The van der Waals surface area contributed by atoms with E-state index < -0.39 is 6.10 Å². The zero-order valence-electron chi connectivity index (χ0n) is 11.0. The number of benzene rings is 1. The van der Waals surface area contributed by atoms with Crippen molar-refractivity contribution in [2.75, 3.05) is 25.2 Å². The largest absolute Gasteiger partial charge is 0.507 e. The zero-order valence-corrected chi connectivity index (χ0v) is 11.0. The SMILES string of the molecule is CC(O)c1ccc(N(C)C2CCOCC2)cc1O. The van der Waals surface area contributed by atoms with Gasteiger partial charge in [0.2, 0.25) is 0 Å². The summed E-state index contributed by atoms with van der Waals surface area (Å²) in [7, 11) is 2.03. The number of aliphatic hydroxyl groups excluding tert-OH is 1. The van der Waals surface area contributed by atoms with Gasteiger partial charge in [-0.1, -0.05) is 6.07 Å². The first kappa shape index (κ1) is 13.2. The molecule has 1 unspecified atom stereocenters. The molecule has 1 aromatic rings. The predicted octanol–water partition coefficient (Wildman–Crippen LogP) is 2.06. The third-order valence-corrected chi connectivity index (χ3v) is 3.61. The molecule has 1 saturated heterocycles. The summed E-state index contributed by atoms with van der Waals surface area (Å²) in [5, 5.41) is 19.4. The lowest BCUT2D eigenvalue weighted by molar-refractivity contribution is 0.0855. The monoisotopic (exact) mass is 251 g/mol. The lowest BCUT2D eigenvalue weighted by Gasteiger charge is -2.33. The van der Waals surface area contributed by atoms with Gasteiger partial charge in [-0.05, 0) is 25.8 Å². The van der Waals surface area contributed by atoms with E-state index in [4.69, 9.17) is 4.74 Å². The molecule has 1 aliphatic heterocycles. The number of aliphatic hydroxyl groups is 1. The van der Waals surface area contributed by atoms with Crippen molar-refractivity contribution >= 4 is 5.69 Å². The molecule has 1 aliphatic rings. The van der Waals surface area contributed by atoms with Crippen molar-refractivity contribution in [1.29, 1.82) is 0 Å². The Morgan fingerprint density at radius 1 is 1.33 bits per heavy atom. The number of aromatic hydroxyl groups is 1. The van der Waals surface area contributed by atoms with E-state index in [1.54, 1.807) is 19.1 Å². The number of anilines is 1. The summed E-state index contributed by atoms with van der Waals surface area (Å²) in [5.74, 6) is 0.154. The highest BCUT2D eigenvalue weighted by Gasteiger charge is 2.19. The first-order valence-electron chi connectivity index (χ1n) is 6.41. The topological polar surface area (TPSA) is 52.9 Å². The van der Waals surface area contributed by atoms with Crippen molar-refractivity contribution in [3.8, 4) is 5.75 Å².